The van der Waals surface area contributed by atoms with E-state index in [0.29, 0.717) is 12.1 Å². The van der Waals surface area contributed by atoms with Crippen LogP contribution < -0.4 is 10.1 Å². The van der Waals surface area contributed by atoms with Crippen LogP contribution in [0, 0.1) is 0 Å². The van der Waals surface area contributed by atoms with Gasteiger partial charge in [-0.2, -0.15) is 0 Å². The molecule has 118 valence electrons. The lowest BCUT2D eigenvalue weighted by atomic mass is 10.0. The summed E-state index contributed by atoms with van der Waals surface area (Å²) in [6.45, 7) is 7.26. The molecule has 0 saturated carbocycles. The van der Waals surface area contributed by atoms with Crippen molar-refractivity contribution in [2.45, 2.75) is 58.2 Å². The van der Waals surface area contributed by atoms with Gasteiger partial charge in [0.05, 0.1) is 6.61 Å². The molecule has 1 aromatic rings. The Hall–Kier alpha value is -1.06. The zero-order valence-corrected chi connectivity index (χ0v) is 13.8. The van der Waals surface area contributed by atoms with Gasteiger partial charge in [0.25, 0.3) is 0 Å². The molecule has 1 aliphatic heterocycles. The molecule has 2 rings (SSSR count). The van der Waals surface area contributed by atoms with Crippen molar-refractivity contribution in [2.75, 3.05) is 20.2 Å². The van der Waals surface area contributed by atoms with Gasteiger partial charge in [0.15, 0.2) is 0 Å². The standard InChI is InChI=1S/C18H30N2O/c1-15(2)19-14-16-8-4-5-10-18(16)21-13-11-17-9-6-7-12-20(17)3/h4-5,8,10,15,17,19H,6-7,9,11-14H2,1-3H3. The summed E-state index contributed by atoms with van der Waals surface area (Å²) < 4.78 is 6.05. The van der Waals surface area contributed by atoms with Gasteiger partial charge >= 0.3 is 0 Å². The monoisotopic (exact) mass is 290 g/mol. The van der Waals surface area contributed by atoms with Gasteiger partial charge in [-0.15, -0.1) is 0 Å². The first-order chi connectivity index (χ1) is 10.2. The van der Waals surface area contributed by atoms with Crippen molar-refractivity contribution in [1.29, 1.82) is 0 Å². The molecule has 0 spiro atoms. The molecule has 1 N–H and O–H groups in total. The Balaban J connectivity index is 1.82. The number of nitrogens with zero attached hydrogens (tertiary/aromatic N) is 1. The van der Waals surface area contributed by atoms with Gasteiger partial charge in [0, 0.05) is 24.2 Å². The average Bonchev–Trinajstić information content (AvgIpc) is 2.48. The fourth-order valence-electron chi connectivity index (χ4n) is 2.92. The number of benzene rings is 1. The van der Waals surface area contributed by atoms with Crippen LogP contribution in [0.15, 0.2) is 24.3 Å². The molecule has 1 aromatic carbocycles. The molecule has 0 radical (unpaired) electrons. The summed E-state index contributed by atoms with van der Waals surface area (Å²) in [7, 11) is 2.24. The van der Waals surface area contributed by atoms with E-state index in [0.717, 1.165) is 25.3 Å². The van der Waals surface area contributed by atoms with E-state index in [1.807, 2.05) is 0 Å². The molecule has 1 fully saturated rings. The van der Waals surface area contributed by atoms with Crippen LogP contribution in [0.25, 0.3) is 0 Å². The molecule has 1 aliphatic rings. The highest BCUT2D eigenvalue weighted by molar-refractivity contribution is 5.33. The van der Waals surface area contributed by atoms with E-state index in [2.05, 4.69) is 55.4 Å². The number of hydrogen-bond acceptors (Lipinski definition) is 3. The van der Waals surface area contributed by atoms with Crippen molar-refractivity contribution >= 4 is 0 Å². The quantitative estimate of drug-likeness (QED) is 0.832. The van der Waals surface area contributed by atoms with Crippen LogP contribution in [0.4, 0.5) is 0 Å². The third-order valence-electron chi connectivity index (χ3n) is 4.30. The SMILES string of the molecule is CC(C)NCc1ccccc1OCCC1CCCCN1C. The molecular formula is C18H30N2O. The van der Waals surface area contributed by atoms with E-state index < -0.39 is 0 Å². The van der Waals surface area contributed by atoms with Crippen molar-refractivity contribution < 1.29 is 4.74 Å². The first kappa shape index (κ1) is 16.3. The Labute approximate surface area is 129 Å². The summed E-state index contributed by atoms with van der Waals surface area (Å²) >= 11 is 0. The zero-order valence-electron chi connectivity index (χ0n) is 13.8. The molecule has 0 aliphatic carbocycles. The molecule has 1 atom stereocenters. The van der Waals surface area contributed by atoms with Crippen LogP contribution in [0.5, 0.6) is 5.75 Å². The van der Waals surface area contributed by atoms with Crippen molar-refractivity contribution in [3.05, 3.63) is 29.8 Å². The number of piperidine rings is 1. The van der Waals surface area contributed by atoms with Crippen molar-refractivity contribution in [3.63, 3.8) is 0 Å². The van der Waals surface area contributed by atoms with Crippen LogP contribution in [0.1, 0.15) is 45.1 Å². The highest BCUT2D eigenvalue weighted by Crippen LogP contribution is 2.21. The molecule has 1 unspecified atom stereocenters. The number of nitrogens with one attached hydrogen (secondary N) is 1. The van der Waals surface area contributed by atoms with Crippen molar-refractivity contribution in [3.8, 4) is 5.75 Å². The van der Waals surface area contributed by atoms with Gasteiger partial charge in [-0.05, 0) is 38.9 Å². The molecule has 1 heterocycles. The third-order valence-corrected chi connectivity index (χ3v) is 4.30. The lowest BCUT2D eigenvalue weighted by Gasteiger charge is -2.32. The summed E-state index contributed by atoms with van der Waals surface area (Å²) in [5.41, 5.74) is 1.25. The second-order valence-corrected chi connectivity index (χ2v) is 6.41. The second kappa shape index (κ2) is 8.40. The van der Waals surface area contributed by atoms with E-state index in [-0.39, 0.29) is 0 Å². The fourth-order valence-corrected chi connectivity index (χ4v) is 2.92. The third kappa shape index (κ3) is 5.33. The molecule has 0 bridgehead atoms. The number of rotatable bonds is 7. The number of hydrogen-bond donors (Lipinski definition) is 1. The second-order valence-electron chi connectivity index (χ2n) is 6.41. The van der Waals surface area contributed by atoms with Gasteiger partial charge in [0.1, 0.15) is 5.75 Å². The summed E-state index contributed by atoms with van der Waals surface area (Å²) in [6, 6.07) is 9.56. The molecule has 0 amide bonds. The van der Waals surface area contributed by atoms with Gasteiger partial charge in [-0.3, -0.25) is 0 Å². The van der Waals surface area contributed by atoms with Gasteiger partial charge < -0.3 is 15.0 Å². The van der Waals surface area contributed by atoms with Crippen LogP contribution >= 0.6 is 0 Å². The summed E-state index contributed by atoms with van der Waals surface area (Å²) in [5.74, 6) is 1.03. The lowest BCUT2D eigenvalue weighted by Crippen LogP contribution is -2.37. The number of likely N-dealkylation sites (tertiary alicyclic amines) is 1. The predicted octanol–water partition coefficient (Wildman–Crippen LogP) is 3.44. The minimum Gasteiger partial charge on any atom is -0.493 e. The first-order valence-corrected chi connectivity index (χ1v) is 8.31. The summed E-state index contributed by atoms with van der Waals surface area (Å²) in [6.07, 6.45) is 5.15. The summed E-state index contributed by atoms with van der Waals surface area (Å²) in [4.78, 5) is 2.49. The number of para-hydroxylation sites is 1. The van der Waals surface area contributed by atoms with Crippen LogP contribution in [-0.2, 0) is 6.54 Å². The Morgan fingerprint density at radius 1 is 1.29 bits per heavy atom. The topological polar surface area (TPSA) is 24.5 Å². The van der Waals surface area contributed by atoms with Crippen LogP contribution in [0.2, 0.25) is 0 Å². The molecule has 1 saturated heterocycles. The predicted molar refractivity (Wildman–Crippen MR) is 88.8 cm³/mol. The van der Waals surface area contributed by atoms with E-state index in [1.165, 1.54) is 31.4 Å². The molecule has 3 nitrogen and oxygen atoms in total. The normalized spacial score (nSPS) is 19.9. The van der Waals surface area contributed by atoms with Crippen LogP contribution in [0.3, 0.4) is 0 Å². The maximum atomic E-state index is 6.05. The van der Waals surface area contributed by atoms with Gasteiger partial charge in [-0.25, -0.2) is 0 Å². The Morgan fingerprint density at radius 3 is 2.86 bits per heavy atom. The highest BCUT2D eigenvalue weighted by atomic mass is 16.5. The van der Waals surface area contributed by atoms with E-state index in [9.17, 15) is 0 Å². The fraction of sp³-hybridized carbons (Fsp3) is 0.667. The van der Waals surface area contributed by atoms with Crippen LogP contribution in [-0.4, -0.2) is 37.2 Å². The van der Waals surface area contributed by atoms with E-state index in [1.54, 1.807) is 0 Å². The molecule has 3 heteroatoms. The minimum atomic E-state index is 0.494. The largest absolute Gasteiger partial charge is 0.493 e. The van der Waals surface area contributed by atoms with Crippen molar-refractivity contribution in [1.82, 2.24) is 10.2 Å². The van der Waals surface area contributed by atoms with Gasteiger partial charge in [0.2, 0.25) is 0 Å². The van der Waals surface area contributed by atoms with Gasteiger partial charge in [-0.1, -0.05) is 38.5 Å². The molecular weight excluding hydrogens is 260 g/mol. The Morgan fingerprint density at radius 2 is 2.10 bits per heavy atom. The Kier molecular flexibility index (Phi) is 6.52. The number of ether oxygens (including phenoxy) is 1. The molecule has 21 heavy (non-hydrogen) atoms. The minimum absolute atomic E-state index is 0.494. The average molecular weight is 290 g/mol. The maximum absolute atomic E-state index is 6.05. The van der Waals surface area contributed by atoms with E-state index in [4.69, 9.17) is 4.74 Å². The smallest absolute Gasteiger partial charge is 0.123 e. The van der Waals surface area contributed by atoms with Crippen molar-refractivity contribution in [2.24, 2.45) is 0 Å². The zero-order chi connectivity index (χ0) is 15.1. The highest BCUT2D eigenvalue weighted by Gasteiger charge is 2.18. The van der Waals surface area contributed by atoms with E-state index >= 15 is 0 Å². The maximum Gasteiger partial charge on any atom is 0.123 e. The first-order valence-electron chi connectivity index (χ1n) is 8.31. The Bertz CT molecular complexity index is 419. The summed E-state index contributed by atoms with van der Waals surface area (Å²) in [5, 5.41) is 3.46. The molecule has 0 aromatic heterocycles. The lowest BCUT2D eigenvalue weighted by molar-refractivity contribution is 0.152.